The van der Waals surface area contributed by atoms with Crippen LogP contribution < -0.4 is 5.32 Å². The monoisotopic (exact) mass is 198 g/mol. The first-order chi connectivity index (χ1) is 6.62. The Bertz CT molecular complexity index is 257. The summed E-state index contributed by atoms with van der Waals surface area (Å²) < 4.78 is 5.37. The molecule has 0 radical (unpaired) electrons. The van der Waals surface area contributed by atoms with Crippen molar-refractivity contribution in [1.29, 1.82) is 0 Å². The molecule has 1 aliphatic heterocycles. The van der Waals surface area contributed by atoms with Gasteiger partial charge in [-0.15, -0.1) is 0 Å². The maximum absolute atomic E-state index is 11.8. The average Bonchev–Trinajstić information content (AvgIpc) is 2.71. The van der Waals surface area contributed by atoms with Crippen LogP contribution in [0.5, 0.6) is 0 Å². The molecule has 0 aromatic heterocycles. The van der Waals surface area contributed by atoms with Crippen molar-refractivity contribution < 1.29 is 9.53 Å². The molecule has 1 aliphatic carbocycles. The minimum absolute atomic E-state index is 0.0247. The highest BCUT2D eigenvalue weighted by Gasteiger charge is 2.57. The fraction of sp³-hybridized carbons (Fsp3) is 0.900. The third-order valence-electron chi connectivity index (χ3n) is 3.48. The number of hydrogen-bond acceptors (Lipinski definition) is 3. The first-order valence-corrected chi connectivity index (χ1v) is 5.21. The first-order valence-electron chi connectivity index (χ1n) is 5.21. The number of methoxy groups -OCH3 is 1. The van der Waals surface area contributed by atoms with Crippen molar-refractivity contribution >= 4 is 5.91 Å². The zero-order valence-corrected chi connectivity index (χ0v) is 9.04. The highest BCUT2D eigenvalue weighted by Crippen LogP contribution is 2.43. The standard InChI is InChI=1S/C10H18N2O2/c1-4-7-9(13)12(6-11-7)8-5-10(8,2)14-3/h7-8,11H,4-6H2,1-3H3/t7?,8-,10+/m1/s1. The van der Waals surface area contributed by atoms with Crippen LogP contribution in [0, 0.1) is 0 Å². The molecule has 1 unspecified atom stereocenters. The molecule has 1 amide bonds. The third kappa shape index (κ3) is 1.33. The van der Waals surface area contributed by atoms with E-state index in [1.165, 1.54) is 0 Å². The number of nitrogens with zero attached hydrogens (tertiary/aromatic N) is 1. The second-order valence-electron chi connectivity index (χ2n) is 4.37. The second-order valence-corrected chi connectivity index (χ2v) is 4.37. The van der Waals surface area contributed by atoms with Crippen LogP contribution in [0.3, 0.4) is 0 Å². The van der Waals surface area contributed by atoms with E-state index < -0.39 is 0 Å². The molecule has 1 heterocycles. The quantitative estimate of drug-likeness (QED) is 0.710. The number of hydrogen-bond donors (Lipinski definition) is 1. The summed E-state index contributed by atoms with van der Waals surface area (Å²) in [5, 5.41) is 3.21. The third-order valence-corrected chi connectivity index (χ3v) is 3.48. The Morgan fingerprint density at radius 2 is 2.43 bits per heavy atom. The molecule has 2 aliphatic rings. The van der Waals surface area contributed by atoms with Gasteiger partial charge in [0, 0.05) is 13.5 Å². The number of carbonyl (C=O) groups is 1. The van der Waals surface area contributed by atoms with Crippen molar-refractivity contribution in [3.63, 3.8) is 0 Å². The van der Waals surface area contributed by atoms with E-state index >= 15 is 0 Å². The molecule has 2 rings (SSSR count). The summed E-state index contributed by atoms with van der Waals surface area (Å²) in [5.41, 5.74) is -0.0973. The van der Waals surface area contributed by atoms with Crippen LogP contribution in [0.15, 0.2) is 0 Å². The van der Waals surface area contributed by atoms with E-state index in [4.69, 9.17) is 4.74 Å². The summed E-state index contributed by atoms with van der Waals surface area (Å²) in [5.74, 6) is 0.235. The van der Waals surface area contributed by atoms with E-state index in [2.05, 4.69) is 12.2 Å². The van der Waals surface area contributed by atoms with E-state index in [9.17, 15) is 4.79 Å². The van der Waals surface area contributed by atoms with E-state index in [1.54, 1.807) is 7.11 Å². The smallest absolute Gasteiger partial charge is 0.241 e. The molecule has 1 saturated carbocycles. The fourth-order valence-corrected chi connectivity index (χ4v) is 2.14. The van der Waals surface area contributed by atoms with Crippen LogP contribution in [0.2, 0.25) is 0 Å². The van der Waals surface area contributed by atoms with Crippen LogP contribution >= 0.6 is 0 Å². The number of amides is 1. The lowest BCUT2D eigenvalue weighted by Gasteiger charge is -2.18. The normalized spacial score (nSPS) is 41.9. The molecule has 0 aromatic rings. The molecule has 3 atom stereocenters. The van der Waals surface area contributed by atoms with Crippen molar-refractivity contribution in [3.8, 4) is 0 Å². The van der Waals surface area contributed by atoms with E-state index in [0.29, 0.717) is 6.67 Å². The lowest BCUT2D eigenvalue weighted by atomic mass is 10.2. The predicted molar refractivity (Wildman–Crippen MR) is 52.7 cm³/mol. The maximum atomic E-state index is 11.8. The molecule has 4 heteroatoms. The van der Waals surface area contributed by atoms with Crippen molar-refractivity contribution in [3.05, 3.63) is 0 Å². The van der Waals surface area contributed by atoms with Gasteiger partial charge in [-0.05, 0) is 13.3 Å². The van der Waals surface area contributed by atoms with Crippen molar-refractivity contribution in [1.82, 2.24) is 10.2 Å². The van der Waals surface area contributed by atoms with Gasteiger partial charge in [-0.2, -0.15) is 0 Å². The molecule has 2 fully saturated rings. The molecular formula is C10H18N2O2. The average molecular weight is 198 g/mol. The van der Waals surface area contributed by atoms with Crippen molar-refractivity contribution in [2.45, 2.75) is 44.4 Å². The van der Waals surface area contributed by atoms with E-state index in [1.807, 2.05) is 11.8 Å². The number of rotatable bonds is 3. The number of ether oxygens (including phenoxy) is 1. The number of carbonyl (C=O) groups excluding carboxylic acids is 1. The second kappa shape index (κ2) is 3.21. The number of nitrogens with one attached hydrogen (secondary N) is 1. The van der Waals surface area contributed by atoms with Gasteiger partial charge in [-0.3, -0.25) is 10.1 Å². The van der Waals surface area contributed by atoms with Crippen molar-refractivity contribution in [2.75, 3.05) is 13.8 Å². The first kappa shape index (κ1) is 9.93. The molecule has 1 N–H and O–H groups in total. The van der Waals surface area contributed by atoms with Crippen LogP contribution in [-0.4, -0.2) is 42.3 Å². The lowest BCUT2D eigenvalue weighted by molar-refractivity contribution is -0.130. The van der Waals surface area contributed by atoms with Gasteiger partial charge in [0.15, 0.2) is 0 Å². The molecule has 0 bridgehead atoms. The van der Waals surface area contributed by atoms with Crippen LogP contribution in [0.25, 0.3) is 0 Å². The molecule has 4 nitrogen and oxygen atoms in total. The summed E-state index contributed by atoms with van der Waals surface area (Å²) >= 11 is 0. The lowest BCUT2D eigenvalue weighted by Crippen LogP contribution is -2.35. The minimum Gasteiger partial charge on any atom is -0.376 e. The Labute approximate surface area is 84.6 Å². The van der Waals surface area contributed by atoms with Gasteiger partial charge in [-0.1, -0.05) is 6.92 Å². The Morgan fingerprint density at radius 3 is 2.86 bits per heavy atom. The summed E-state index contributed by atoms with van der Waals surface area (Å²) in [7, 11) is 1.71. The van der Waals surface area contributed by atoms with Gasteiger partial charge in [0.2, 0.25) is 5.91 Å². The molecule has 0 aromatic carbocycles. The summed E-state index contributed by atoms with van der Waals surface area (Å²) in [4.78, 5) is 13.7. The Kier molecular flexibility index (Phi) is 2.27. The molecule has 0 spiro atoms. The largest absolute Gasteiger partial charge is 0.376 e. The van der Waals surface area contributed by atoms with Gasteiger partial charge in [-0.25, -0.2) is 0 Å². The van der Waals surface area contributed by atoms with Crippen LogP contribution in [-0.2, 0) is 9.53 Å². The van der Waals surface area contributed by atoms with E-state index in [0.717, 1.165) is 12.8 Å². The molecular weight excluding hydrogens is 180 g/mol. The zero-order chi connectivity index (χ0) is 10.3. The maximum Gasteiger partial charge on any atom is 0.241 e. The fourth-order valence-electron chi connectivity index (χ4n) is 2.14. The molecule has 14 heavy (non-hydrogen) atoms. The SMILES string of the molecule is CCC1NCN([C@@H]2C[C@]2(C)OC)C1=O. The highest BCUT2D eigenvalue weighted by atomic mass is 16.5. The summed E-state index contributed by atoms with van der Waals surface area (Å²) in [6.45, 7) is 4.77. The molecule has 80 valence electrons. The highest BCUT2D eigenvalue weighted by molar-refractivity contribution is 5.84. The molecule has 1 saturated heterocycles. The Balaban J connectivity index is 1.99. The van der Waals surface area contributed by atoms with Crippen LogP contribution in [0.1, 0.15) is 26.7 Å². The zero-order valence-electron chi connectivity index (χ0n) is 9.04. The van der Waals surface area contributed by atoms with Gasteiger partial charge in [0.1, 0.15) is 0 Å². The van der Waals surface area contributed by atoms with Gasteiger partial charge >= 0.3 is 0 Å². The predicted octanol–water partition coefficient (Wildman–Crippen LogP) is 0.332. The Hall–Kier alpha value is -0.610. The van der Waals surface area contributed by atoms with Gasteiger partial charge in [0.25, 0.3) is 0 Å². The van der Waals surface area contributed by atoms with Crippen molar-refractivity contribution in [2.24, 2.45) is 0 Å². The van der Waals surface area contributed by atoms with E-state index in [-0.39, 0.29) is 23.6 Å². The summed E-state index contributed by atoms with van der Waals surface area (Å²) in [6, 6.07) is 0.306. The van der Waals surface area contributed by atoms with Gasteiger partial charge < -0.3 is 9.64 Å². The minimum atomic E-state index is -0.0973. The van der Waals surface area contributed by atoms with Gasteiger partial charge in [0.05, 0.1) is 24.4 Å². The van der Waals surface area contributed by atoms with Crippen LogP contribution in [0.4, 0.5) is 0 Å². The summed E-state index contributed by atoms with van der Waals surface area (Å²) in [6.07, 6.45) is 1.83. The topological polar surface area (TPSA) is 41.6 Å². The Morgan fingerprint density at radius 1 is 1.71 bits per heavy atom.